The van der Waals surface area contributed by atoms with Gasteiger partial charge in [-0.15, -0.1) is 0 Å². The van der Waals surface area contributed by atoms with Gasteiger partial charge in [0.15, 0.2) is 0 Å². The van der Waals surface area contributed by atoms with Gasteiger partial charge in [0.25, 0.3) is 0 Å². The molecule has 1 aromatic carbocycles. The Bertz CT molecular complexity index is 489. The van der Waals surface area contributed by atoms with Crippen LogP contribution in [-0.2, 0) is 9.53 Å². The topological polar surface area (TPSA) is 59.0 Å². The summed E-state index contributed by atoms with van der Waals surface area (Å²) in [6.45, 7) is 7.23. The molecule has 0 radical (unpaired) electrons. The predicted molar refractivity (Wildman–Crippen MR) is 79.8 cm³/mol. The Hall–Kier alpha value is -1.59. The van der Waals surface area contributed by atoms with E-state index in [4.69, 9.17) is 14.6 Å². The van der Waals surface area contributed by atoms with Crippen molar-refractivity contribution in [3.05, 3.63) is 29.3 Å². The maximum Gasteiger partial charge on any atom is 0.305 e. The van der Waals surface area contributed by atoms with Gasteiger partial charge in [-0.05, 0) is 31.0 Å². The van der Waals surface area contributed by atoms with Crippen molar-refractivity contribution < 1.29 is 19.4 Å². The standard InChI is InChI=1S/C16H23NO4/c1-12-3-4-13(2)15(9-12)21-8-6-17-5-7-20-11-14(17)10-16(18)19/h3-4,9,14H,5-8,10-11H2,1-2H3,(H,18,19). The Morgan fingerprint density at radius 3 is 3.05 bits per heavy atom. The van der Waals surface area contributed by atoms with E-state index >= 15 is 0 Å². The molecular weight excluding hydrogens is 270 g/mol. The van der Waals surface area contributed by atoms with E-state index in [2.05, 4.69) is 11.0 Å². The zero-order chi connectivity index (χ0) is 15.2. The molecule has 1 aliphatic heterocycles. The molecule has 5 nitrogen and oxygen atoms in total. The lowest BCUT2D eigenvalue weighted by molar-refractivity contribution is -0.140. The van der Waals surface area contributed by atoms with Gasteiger partial charge in [0.2, 0.25) is 0 Å². The monoisotopic (exact) mass is 293 g/mol. The number of carboxylic acid groups (broad SMARTS) is 1. The van der Waals surface area contributed by atoms with Gasteiger partial charge in [-0.1, -0.05) is 12.1 Å². The molecule has 5 heteroatoms. The SMILES string of the molecule is Cc1ccc(C)c(OCCN2CCOCC2CC(=O)O)c1. The summed E-state index contributed by atoms with van der Waals surface area (Å²) in [5.41, 5.74) is 2.29. The molecule has 1 saturated heterocycles. The Labute approximate surface area is 125 Å². The molecule has 2 rings (SSSR count). The number of aryl methyl sites for hydroxylation is 2. The smallest absolute Gasteiger partial charge is 0.305 e. The van der Waals surface area contributed by atoms with Crippen molar-refractivity contribution in [3.8, 4) is 5.75 Å². The summed E-state index contributed by atoms with van der Waals surface area (Å²) in [7, 11) is 0. The lowest BCUT2D eigenvalue weighted by atomic mass is 10.1. The number of carboxylic acids is 1. The summed E-state index contributed by atoms with van der Waals surface area (Å²) in [5.74, 6) is 0.115. The Morgan fingerprint density at radius 1 is 1.48 bits per heavy atom. The molecule has 0 aromatic heterocycles. The number of hydrogen-bond donors (Lipinski definition) is 1. The van der Waals surface area contributed by atoms with Crippen LogP contribution in [0.15, 0.2) is 18.2 Å². The zero-order valence-corrected chi connectivity index (χ0v) is 12.7. The second-order valence-electron chi connectivity index (χ2n) is 5.48. The van der Waals surface area contributed by atoms with Crippen LogP contribution < -0.4 is 4.74 Å². The van der Waals surface area contributed by atoms with Crippen molar-refractivity contribution in [2.24, 2.45) is 0 Å². The molecule has 0 aliphatic carbocycles. The number of ether oxygens (including phenoxy) is 2. The molecule has 1 aliphatic rings. The summed E-state index contributed by atoms with van der Waals surface area (Å²) < 4.78 is 11.2. The van der Waals surface area contributed by atoms with Crippen LogP contribution in [0.4, 0.5) is 0 Å². The molecule has 1 atom stereocenters. The molecule has 1 fully saturated rings. The van der Waals surface area contributed by atoms with Crippen molar-refractivity contribution in [2.75, 3.05) is 32.9 Å². The van der Waals surface area contributed by atoms with Crippen molar-refractivity contribution in [1.29, 1.82) is 0 Å². The van der Waals surface area contributed by atoms with Crippen LogP contribution in [0.25, 0.3) is 0 Å². The van der Waals surface area contributed by atoms with E-state index in [1.807, 2.05) is 26.0 Å². The molecule has 21 heavy (non-hydrogen) atoms. The van der Waals surface area contributed by atoms with Crippen LogP contribution in [0.1, 0.15) is 17.5 Å². The molecule has 0 saturated carbocycles. The first-order chi connectivity index (χ1) is 10.1. The molecule has 1 N–H and O–H groups in total. The van der Waals surface area contributed by atoms with Crippen LogP contribution in [0.2, 0.25) is 0 Å². The number of rotatable bonds is 6. The van der Waals surface area contributed by atoms with E-state index < -0.39 is 5.97 Å². The minimum atomic E-state index is -0.786. The van der Waals surface area contributed by atoms with Crippen LogP contribution in [0, 0.1) is 13.8 Å². The molecule has 0 spiro atoms. The van der Waals surface area contributed by atoms with Gasteiger partial charge in [-0.25, -0.2) is 0 Å². The number of nitrogens with zero attached hydrogens (tertiary/aromatic N) is 1. The second-order valence-corrected chi connectivity index (χ2v) is 5.48. The van der Waals surface area contributed by atoms with Crippen molar-refractivity contribution in [3.63, 3.8) is 0 Å². The van der Waals surface area contributed by atoms with Gasteiger partial charge < -0.3 is 14.6 Å². The van der Waals surface area contributed by atoms with E-state index in [-0.39, 0.29) is 12.5 Å². The van der Waals surface area contributed by atoms with E-state index in [1.54, 1.807) is 0 Å². The second kappa shape index (κ2) is 7.43. The summed E-state index contributed by atoms with van der Waals surface area (Å²) in [4.78, 5) is 13.0. The number of benzene rings is 1. The van der Waals surface area contributed by atoms with Gasteiger partial charge >= 0.3 is 5.97 Å². The third-order valence-electron chi connectivity index (χ3n) is 3.74. The van der Waals surface area contributed by atoms with Crippen molar-refractivity contribution in [2.45, 2.75) is 26.3 Å². The highest BCUT2D eigenvalue weighted by molar-refractivity contribution is 5.67. The van der Waals surface area contributed by atoms with Gasteiger partial charge in [0, 0.05) is 19.1 Å². The predicted octanol–water partition coefficient (Wildman–Crippen LogP) is 1.86. The highest BCUT2D eigenvalue weighted by atomic mass is 16.5. The third kappa shape index (κ3) is 4.72. The van der Waals surface area contributed by atoms with E-state index in [0.29, 0.717) is 26.4 Å². The minimum absolute atomic E-state index is 0.0570. The minimum Gasteiger partial charge on any atom is -0.492 e. The van der Waals surface area contributed by atoms with Crippen LogP contribution in [0.3, 0.4) is 0 Å². The van der Waals surface area contributed by atoms with Crippen LogP contribution >= 0.6 is 0 Å². The van der Waals surface area contributed by atoms with Gasteiger partial charge in [0.05, 0.1) is 19.6 Å². The summed E-state index contributed by atoms with van der Waals surface area (Å²) in [6, 6.07) is 6.08. The summed E-state index contributed by atoms with van der Waals surface area (Å²) >= 11 is 0. The molecular formula is C16H23NO4. The first kappa shape index (κ1) is 15.8. The fourth-order valence-corrected chi connectivity index (χ4v) is 2.51. The highest BCUT2D eigenvalue weighted by Crippen LogP contribution is 2.19. The van der Waals surface area contributed by atoms with E-state index in [1.165, 1.54) is 5.56 Å². The zero-order valence-electron chi connectivity index (χ0n) is 12.7. The van der Waals surface area contributed by atoms with Crippen LogP contribution in [-0.4, -0.2) is 54.9 Å². The average Bonchev–Trinajstić information content (AvgIpc) is 2.44. The van der Waals surface area contributed by atoms with Crippen LogP contribution in [0.5, 0.6) is 5.75 Å². The maximum absolute atomic E-state index is 10.9. The quantitative estimate of drug-likeness (QED) is 0.867. The normalized spacial score (nSPS) is 19.4. The largest absolute Gasteiger partial charge is 0.492 e. The first-order valence-corrected chi connectivity index (χ1v) is 7.30. The summed E-state index contributed by atoms with van der Waals surface area (Å²) in [6.07, 6.45) is 0.115. The highest BCUT2D eigenvalue weighted by Gasteiger charge is 2.24. The van der Waals surface area contributed by atoms with Crippen molar-refractivity contribution in [1.82, 2.24) is 4.90 Å². The maximum atomic E-state index is 10.9. The van der Waals surface area contributed by atoms with E-state index in [9.17, 15) is 4.79 Å². The average molecular weight is 293 g/mol. The molecule has 1 heterocycles. The molecule has 1 aromatic rings. The van der Waals surface area contributed by atoms with E-state index in [0.717, 1.165) is 17.9 Å². The Morgan fingerprint density at radius 2 is 2.29 bits per heavy atom. The first-order valence-electron chi connectivity index (χ1n) is 7.30. The molecule has 1 unspecified atom stereocenters. The lowest BCUT2D eigenvalue weighted by Crippen LogP contribution is -2.48. The molecule has 0 bridgehead atoms. The van der Waals surface area contributed by atoms with Crippen molar-refractivity contribution >= 4 is 5.97 Å². The van der Waals surface area contributed by atoms with Gasteiger partial charge in [0.1, 0.15) is 12.4 Å². The fourth-order valence-electron chi connectivity index (χ4n) is 2.51. The number of carbonyl (C=O) groups is 1. The number of aliphatic carboxylic acids is 1. The van der Waals surface area contributed by atoms with Gasteiger partial charge in [-0.2, -0.15) is 0 Å². The molecule has 0 amide bonds. The summed E-state index contributed by atoms with van der Waals surface area (Å²) in [5, 5.41) is 8.94. The Kier molecular flexibility index (Phi) is 5.59. The lowest BCUT2D eigenvalue weighted by Gasteiger charge is -2.34. The Balaban J connectivity index is 1.86. The fraction of sp³-hybridized carbons (Fsp3) is 0.562. The third-order valence-corrected chi connectivity index (χ3v) is 3.74. The number of hydrogen-bond acceptors (Lipinski definition) is 4. The molecule has 116 valence electrons. The number of morpholine rings is 1. The van der Waals surface area contributed by atoms with Gasteiger partial charge in [-0.3, -0.25) is 9.69 Å².